The standard InChI is InChI=1S/C17H26N2O3/c1-4-5-6-11-18-16(20)12-17(21)19-14-7-9-15(10-8-14)22-13(2)3/h7-10,13H,4-6,11-12H2,1-3H3,(H,18,20)(H,19,21). The maximum Gasteiger partial charge on any atom is 0.233 e. The summed E-state index contributed by atoms with van der Waals surface area (Å²) in [6, 6.07) is 7.10. The van der Waals surface area contributed by atoms with Gasteiger partial charge in [0, 0.05) is 12.2 Å². The van der Waals surface area contributed by atoms with E-state index in [0.717, 1.165) is 25.0 Å². The van der Waals surface area contributed by atoms with Crippen LogP contribution in [0.3, 0.4) is 0 Å². The Labute approximate surface area is 132 Å². The van der Waals surface area contributed by atoms with Crippen LogP contribution in [0.25, 0.3) is 0 Å². The van der Waals surface area contributed by atoms with Crippen LogP contribution >= 0.6 is 0 Å². The number of hydrogen-bond donors (Lipinski definition) is 2. The zero-order valence-corrected chi connectivity index (χ0v) is 13.6. The molecule has 0 heterocycles. The molecule has 1 aromatic rings. The van der Waals surface area contributed by atoms with Gasteiger partial charge in [0.25, 0.3) is 0 Å². The molecular formula is C17H26N2O3. The van der Waals surface area contributed by atoms with Crippen molar-refractivity contribution in [2.45, 2.75) is 52.6 Å². The Bertz CT molecular complexity index is 469. The fraction of sp³-hybridized carbons (Fsp3) is 0.529. The van der Waals surface area contributed by atoms with Crippen LogP contribution in [0.4, 0.5) is 5.69 Å². The molecule has 0 bridgehead atoms. The van der Waals surface area contributed by atoms with Crippen LogP contribution in [0, 0.1) is 0 Å². The highest BCUT2D eigenvalue weighted by molar-refractivity contribution is 6.03. The van der Waals surface area contributed by atoms with Gasteiger partial charge in [0.2, 0.25) is 11.8 Å². The predicted octanol–water partition coefficient (Wildman–Crippen LogP) is 3.11. The third kappa shape index (κ3) is 7.67. The molecule has 0 spiro atoms. The van der Waals surface area contributed by atoms with Crippen molar-refractivity contribution in [2.75, 3.05) is 11.9 Å². The Hall–Kier alpha value is -2.04. The molecule has 0 unspecified atom stereocenters. The number of amides is 2. The molecule has 2 amide bonds. The van der Waals surface area contributed by atoms with Crippen molar-refractivity contribution in [1.29, 1.82) is 0 Å². The molecule has 5 heteroatoms. The van der Waals surface area contributed by atoms with Gasteiger partial charge in [0.1, 0.15) is 12.2 Å². The van der Waals surface area contributed by atoms with Gasteiger partial charge in [-0.2, -0.15) is 0 Å². The average molecular weight is 306 g/mol. The number of hydrogen-bond acceptors (Lipinski definition) is 3. The summed E-state index contributed by atoms with van der Waals surface area (Å²) in [6.45, 7) is 6.64. The van der Waals surface area contributed by atoms with E-state index in [0.29, 0.717) is 12.2 Å². The highest BCUT2D eigenvalue weighted by Crippen LogP contribution is 2.16. The van der Waals surface area contributed by atoms with Crippen molar-refractivity contribution in [2.24, 2.45) is 0 Å². The van der Waals surface area contributed by atoms with Gasteiger partial charge in [0.05, 0.1) is 6.10 Å². The molecule has 2 N–H and O–H groups in total. The van der Waals surface area contributed by atoms with Crippen molar-refractivity contribution in [3.63, 3.8) is 0 Å². The van der Waals surface area contributed by atoms with E-state index in [9.17, 15) is 9.59 Å². The third-order valence-electron chi connectivity index (χ3n) is 2.93. The number of nitrogens with one attached hydrogen (secondary N) is 2. The van der Waals surface area contributed by atoms with Gasteiger partial charge in [0.15, 0.2) is 0 Å². The first kappa shape index (κ1) is 18.0. The normalized spacial score (nSPS) is 10.4. The van der Waals surface area contributed by atoms with Gasteiger partial charge in [-0.15, -0.1) is 0 Å². The van der Waals surface area contributed by atoms with Crippen molar-refractivity contribution in [3.8, 4) is 5.75 Å². The lowest BCUT2D eigenvalue weighted by molar-refractivity contribution is -0.126. The van der Waals surface area contributed by atoms with E-state index in [1.807, 2.05) is 13.8 Å². The number of rotatable bonds is 9. The second-order valence-electron chi connectivity index (χ2n) is 5.47. The van der Waals surface area contributed by atoms with E-state index < -0.39 is 0 Å². The fourth-order valence-electron chi connectivity index (χ4n) is 1.91. The minimum Gasteiger partial charge on any atom is -0.491 e. The second kappa shape index (κ2) is 9.82. The quantitative estimate of drug-likeness (QED) is 0.544. The summed E-state index contributed by atoms with van der Waals surface area (Å²) < 4.78 is 5.53. The lowest BCUT2D eigenvalue weighted by atomic mass is 10.2. The largest absolute Gasteiger partial charge is 0.491 e. The van der Waals surface area contributed by atoms with Crippen LogP contribution in [0.15, 0.2) is 24.3 Å². The van der Waals surface area contributed by atoms with Gasteiger partial charge < -0.3 is 15.4 Å². The van der Waals surface area contributed by atoms with Crippen LogP contribution in [0.1, 0.15) is 46.5 Å². The number of unbranched alkanes of at least 4 members (excludes halogenated alkanes) is 2. The number of ether oxygens (including phenoxy) is 1. The molecule has 0 aliphatic heterocycles. The summed E-state index contributed by atoms with van der Waals surface area (Å²) in [5.74, 6) is 0.195. The van der Waals surface area contributed by atoms with E-state index in [1.165, 1.54) is 0 Å². The van der Waals surface area contributed by atoms with E-state index in [1.54, 1.807) is 24.3 Å². The molecule has 22 heavy (non-hydrogen) atoms. The Morgan fingerprint density at radius 3 is 2.36 bits per heavy atom. The molecule has 0 aliphatic rings. The monoisotopic (exact) mass is 306 g/mol. The first-order chi connectivity index (χ1) is 10.5. The Morgan fingerprint density at radius 2 is 1.77 bits per heavy atom. The van der Waals surface area contributed by atoms with Crippen LogP contribution < -0.4 is 15.4 Å². The summed E-state index contributed by atoms with van der Waals surface area (Å²) in [5, 5.41) is 5.44. The van der Waals surface area contributed by atoms with Gasteiger partial charge in [-0.05, 0) is 44.5 Å². The van der Waals surface area contributed by atoms with Crippen molar-refractivity contribution in [1.82, 2.24) is 5.32 Å². The molecule has 0 saturated carbocycles. The van der Waals surface area contributed by atoms with Crippen LogP contribution in [0.2, 0.25) is 0 Å². The Balaban J connectivity index is 2.33. The molecular weight excluding hydrogens is 280 g/mol. The molecule has 0 fully saturated rings. The highest BCUT2D eigenvalue weighted by atomic mass is 16.5. The Kier molecular flexibility index (Phi) is 8.04. The molecule has 0 saturated heterocycles. The zero-order chi connectivity index (χ0) is 16.4. The van der Waals surface area contributed by atoms with Gasteiger partial charge in [-0.25, -0.2) is 0 Å². The number of benzene rings is 1. The predicted molar refractivity (Wildman–Crippen MR) is 88.0 cm³/mol. The maximum atomic E-state index is 11.8. The lowest BCUT2D eigenvalue weighted by Crippen LogP contribution is -2.28. The molecule has 0 atom stereocenters. The zero-order valence-electron chi connectivity index (χ0n) is 13.6. The molecule has 1 aromatic carbocycles. The minimum atomic E-state index is -0.314. The Morgan fingerprint density at radius 1 is 1.09 bits per heavy atom. The first-order valence-electron chi connectivity index (χ1n) is 7.84. The van der Waals surface area contributed by atoms with E-state index >= 15 is 0 Å². The summed E-state index contributed by atoms with van der Waals surface area (Å²) in [5.41, 5.74) is 0.653. The van der Waals surface area contributed by atoms with Crippen molar-refractivity contribution >= 4 is 17.5 Å². The molecule has 1 rings (SSSR count). The van der Waals surface area contributed by atoms with E-state index in [-0.39, 0.29) is 24.3 Å². The second-order valence-corrected chi connectivity index (χ2v) is 5.47. The molecule has 5 nitrogen and oxygen atoms in total. The van der Waals surface area contributed by atoms with Crippen molar-refractivity contribution < 1.29 is 14.3 Å². The van der Waals surface area contributed by atoms with E-state index in [4.69, 9.17) is 4.74 Å². The van der Waals surface area contributed by atoms with Crippen LogP contribution in [0.5, 0.6) is 5.75 Å². The highest BCUT2D eigenvalue weighted by Gasteiger charge is 2.09. The number of carbonyl (C=O) groups is 2. The summed E-state index contributed by atoms with van der Waals surface area (Å²) in [6.07, 6.45) is 3.08. The maximum absolute atomic E-state index is 11.8. The SMILES string of the molecule is CCCCCNC(=O)CC(=O)Nc1ccc(OC(C)C)cc1. The summed E-state index contributed by atoms with van der Waals surface area (Å²) in [7, 11) is 0. The van der Waals surface area contributed by atoms with Crippen LogP contribution in [-0.4, -0.2) is 24.5 Å². The summed E-state index contributed by atoms with van der Waals surface area (Å²) in [4.78, 5) is 23.4. The average Bonchev–Trinajstić information content (AvgIpc) is 2.45. The summed E-state index contributed by atoms with van der Waals surface area (Å²) >= 11 is 0. The van der Waals surface area contributed by atoms with Gasteiger partial charge in [-0.1, -0.05) is 19.8 Å². The number of carbonyl (C=O) groups excluding carboxylic acids is 2. The number of anilines is 1. The van der Waals surface area contributed by atoms with Crippen molar-refractivity contribution in [3.05, 3.63) is 24.3 Å². The first-order valence-corrected chi connectivity index (χ1v) is 7.84. The molecule has 0 radical (unpaired) electrons. The topological polar surface area (TPSA) is 67.4 Å². The third-order valence-corrected chi connectivity index (χ3v) is 2.93. The van der Waals surface area contributed by atoms with Crippen LogP contribution in [-0.2, 0) is 9.59 Å². The molecule has 122 valence electrons. The molecule has 0 aliphatic carbocycles. The van der Waals surface area contributed by atoms with Gasteiger partial charge in [-0.3, -0.25) is 9.59 Å². The van der Waals surface area contributed by atoms with E-state index in [2.05, 4.69) is 17.6 Å². The fourth-order valence-corrected chi connectivity index (χ4v) is 1.91. The lowest BCUT2D eigenvalue weighted by Gasteiger charge is -2.10. The minimum absolute atomic E-state index is 0.108. The molecule has 0 aromatic heterocycles. The smallest absolute Gasteiger partial charge is 0.233 e. The van der Waals surface area contributed by atoms with Gasteiger partial charge >= 0.3 is 0 Å².